The van der Waals surface area contributed by atoms with Crippen LogP contribution in [0.4, 0.5) is 4.39 Å². The van der Waals surface area contributed by atoms with Gasteiger partial charge in [-0.1, -0.05) is 6.07 Å². The van der Waals surface area contributed by atoms with Gasteiger partial charge in [0.25, 0.3) is 0 Å². The van der Waals surface area contributed by atoms with Crippen molar-refractivity contribution in [3.63, 3.8) is 0 Å². The number of guanidine groups is 1. The number of aryl methyl sites for hydroxylation is 2. The van der Waals surface area contributed by atoms with E-state index in [0.29, 0.717) is 23.3 Å². The molecule has 0 fully saturated rings. The van der Waals surface area contributed by atoms with E-state index in [4.69, 9.17) is 0 Å². The molecule has 0 unspecified atom stereocenters. The number of nitrogens with one attached hydrogen (secondary N) is 3. The quantitative estimate of drug-likeness (QED) is 0.208. The molecule has 1 heterocycles. The van der Waals surface area contributed by atoms with Crippen LogP contribution < -0.4 is 15.4 Å². The molecule has 6 nitrogen and oxygen atoms in total. The number of halogens is 2. The highest BCUT2D eigenvalue weighted by molar-refractivity contribution is 14.0. The van der Waals surface area contributed by atoms with Crippen molar-refractivity contribution in [3.05, 3.63) is 52.2 Å². The van der Waals surface area contributed by atoms with E-state index in [1.165, 1.54) is 23.5 Å². The summed E-state index contributed by atoms with van der Waals surface area (Å²) in [6.07, 6.45) is 0.733. The van der Waals surface area contributed by atoms with Crippen LogP contribution in [0, 0.1) is 19.7 Å². The van der Waals surface area contributed by atoms with Crippen LogP contribution in [-0.2, 0) is 16.4 Å². The minimum atomic E-state index is -3.47. The molecule has 0 saturated heterocycles. The number of thiophene rings is 1. The summed E-state index contributed by atoms with van der Waals surface area (Å²) in [7, 11) is -1.82. The van der Waals surface area contributed by atoms with Crippen LogP contribution in [0.15, 0.2) is 39.5 Å². The number of sulfonamides is 1. The van der Waals surface area contributed by atoms with E-state index in [2.05, 4.69) is 20.3 Å². The van der Waals surface area contributed by atoms with Crippen molar-refractivity contribution in [2.45, 2.75) is 24.5 Å². The second kappa shape index (κ2) is 11.7. The van der Waals surface area contributed by atoms with Gasteiger partial charge < -0.3 is 10.6 Å². The Hall–Kier alpha value is -1.24. The predicted molar refractivity (Wildman–Crippen MR) is 124 cm³/mol. The van der Waals surface area contributed by atoms with Crippen LogP contribution in [0.25, 0.3) is 0 Å². The van der Waals surface area contributed by atoms with E-state index in [9.17, 15) is 12.8 Å². The lowest BCUT2D eigenvalue weighted by molar-refractivity contribution is 0.582. The van der Waals surface area contributed by atoms with Crippen LogP contribution in [0.1, 0.15) is 16.0 Å². The molecule has 0 atom stereocenters. The Kier molecular flexibility index (Phi) is 10.4. The molecule has 1 aromatic carbocycles. The highest BCUT2D eigenvalue weighted by Gasteiger charge is 2.15. The summed E-state index contributed by atoms with van der Waals surface area (Å²) in [5.41, 5.74) is 1.98. The number of hydrogen-bond donors (Lipinski definition) is 3. The molecule has 0 bridgehead atoms. The summed E-state index contributed by atoms with van der Waals surface area (Å²) in [6, 6.07) is 8.14. The summed E-state index contributed by atoms with van der Waals surface area (Å²) >= 11 is 1.24. The first-order chi connectivity index (χ1) is 12.8. The maximum atomic E-state index is 13.1. The molecule has 1 aromatic heterocycles. The Balaban J connectivity index is 0.00000392. The number of hydrogen-bond acceptors (Lipinski definition) is 4. The standard InChI is InChI=1S/C18H25FN4O2S2.HI/c1-13-12-16(19)6-5-15(13)8-9-21-18(20-3)22-10-11-23-27(24,25)17-7-4-14(2)26-17;/h4-7,12,23H,8-11H2,1-3H3,(H2,20,21,22);1H. The summed E-state index contributed by atoms with van der Waals surface area (Å²) in [6.45, 7) is 5.03. The molecule has 2 rings (SSSR count). The highest BCUT2D eigenvalue weighted by Crippen LogP contribution is 2.19. The molecule has 10 heteroatoms. The van der Waals surface area contributed by atoms with E-state index in [1.54, 1.807) is 25.2 Å². The maximum Gasteiger partial charge on any atom is 0.250 e. The number of rotatable bonds is 8. The van der Waals surface area contributed by atoms with Gasteiger partial charge in [-0.3, -0.25) is 4.99 Å². The van der Waals surface area contributed by atoms with Crippen molar-refractivity contribution in [1.29, 1.82) is 0 Å². The second-order valence-corrected chi connectivity index (χ2v) is 9.29. The average Bonchev–Trinajstić information content (AvgIpc) is 3.06. The Morgan fingerprint density at radius 2 is 1.82 bits per heavy atom. The molecule has 28 heavy (non-hydrogen) atoms. The zero-order valence-electron chi connectivity index (χ0n) is 16.1. The molecule has 0 aliphatic rings. The molecule has 0 aliphatic carbocycles. The lowest BCUT2D eigenvalue weighted by Gasteiger charge is -2.13. The molecule has 0 aliphatic heterocycles. The van der Waals surface area contributed by atoms with Gasteiger partial charge >= 0.3 is 0 Å². The van der Waals surface area contributed by atoms with Crippen molar-refractivity contribution in [1.82, 2.24) is 15.4 Å². The van der Waals surface area contributed by atoms with Gasteiger partial charge in [-0.05, 0) is 55.7 Å². The molecule has 156 valence electrons. The predicted octanol–water partition coefficient (Wildman–Crippen LogP) is 2.81. The average molecular weight is 540 g/mol. The minimum Gasteiger partial charge on any atom is -0.356 e. The van der Waals surface area contributed by atoms with E-state index in [0.717, 1.165) is 22.4 Å². The number of benzene rings is 1. The first-order valence-electron chi connectivity index (χ1n) is 8.57. The van der Waals surface area contributed by atoms with Gasteiger partial charge in [0.15, 0.2) is 5.96 Å². The van der Waals surface area contributed by atoms with Crippen molar-refractivity contribution < 1.29 is 12.8 Å². The molecule has 0 saturated carbocycles. The fraction of sp³-hybridized carbons (Fsp3) is 0.389. The van der Waals surface area contributed by atoms with Crippen LogP contribution in [0.3, 0.4) is 0 Å². The Labute approximate surface area is 187 Å². The topological polar surface area (TPSA) is 82.6 Å². The van der Waals surface area contributed by atoms with Gasteiger partial charge in [0.1, 0.15) is 10.0 Å². The summed E-state index contributed by atoms with van der Waals surface area (Å²) in [5.74, 6) is 0.350. The molecular weight excluding hydrogens is 514 g/mol. The summed E-state index contributed by atoms with van der Waals surface area (Å²) in [4.78, 5) is 5.06. The van der Waals surface area contributed by atoms with E-state index in [-0.39, 0.29) is 36.3 Å². The maximum absolute atomic E-state index is 13.1. The fourth-order valence-corrected chi connectivity index (χ4v) is 4.83. The first kappa shape index (κ1) is 24.8. The van der Waals surface area contributed by atoms with Crippen molar-refractivity contribution in [2.75, 3.05) is 26.7 Å². The molecule has 3 N–H and O–H groups in total. The lowest BCUT2D eigenvalue weighted by Crippen LogP contribution is -2.42. The first-order valence-corrected chi connectivity index (χ1v) is 10.9. The van der Waals surface area contributed by atoms with Gasteiger partial charge in [0.2, 0.25) is 10.0 Å². The van der Waals surface area contributed by atoms with Crippen LogP contribution in [-0.4, -0.2) is 41.1 Å². The third-order valence-electron chi connectivity index (χ3n) is 3.91. The van der Waals surface area contributed by atoms with Crippen molar-refractivity contribution >= 4 is 51.3 Å². The van der Waals surface area contributed by atoms with Gasteiger partial charge in [-0.25, -0.2) is 17.5 Å². The molecular formula is C18H26FIN4O2S2. The third kappa shape index (κ3) is 7.64. The monoisotopic (exact) mass is 540 g/mol. The van der Waals surface area contributed by atoms with Crippen molar-refractivity contribution in [3.8, 4) is 0 Å². The normalized spacial score (nSPS) is 11.8. The largest absolute Gasteiger partial charge is 0.356 e. The third-order valence-corrected chi connectivity index (χ3v) is 6.86. The zero-order chi connectivity index (χ0) is 19.9. The fourth-order valence-electron chi connectivity index (χ4n) is 2.47. The van der Waals surface area contributed by atoms with Gasteiger partial charge in [0, 0.05) is 31.6 Å². The van der Waals surface area contributed by atoms with Gasteiger partial charge in [0.05, 0.1) is 0 Å². The molecule has 0 amide bonds. The van der Waals surface area contributed by atoms with Crippen molar-refractivity contribution in [2.24, 2.45) is 4.99 Å². The van der Waals surface area contributed by atoms with Crippen LogP contribution in [0.5, 0.6) is 0 Å². The Bertz CT molecular complexity index is 901. The van der Waals surface area contributed by atoms with E-state index < -0.39 is 10.0 Å². The Morgan fingerprint density at radius 1 is 1.11 bits per heavy atom. The van der Waals surface area contributed by atoms with Crippen LogP contribution in [0.2, 0.25) is 0 Å². The Morgan fingerprint density at radius 3 is 2.43 bits per heavy atom. The minimum absolute atomic E-state index is 0. The van der Waals surface area contributed by atoms with Gasteiger partial charge in [-0.2, -0.15) is 0 Å². The molecule has 2 aromatic rings. The van der Waals surface area contributed by atoms with Crippen LogP contribution >= 0.6 is 35.3 Å². The van der Waals surface area contributed by atoms with E-state index in [1.807, 2.05) is 13.8 Å². The highest BCUT2D eigenvalue weighted by atomic mass is 127. The SMILES string of the molecule is CN=C(NCCNS(=O)(=O)c1ccc(C)s1)NCCc1ccc(F)cc1C.I. The molecule has 0 radical (unpaired) electrons. The number of nitrogens with zero attached hydrogens (tertiary/aromatic N) is 1. The molecule has 0 spiro atoms. The lowest BCUT2D eigenvalue weighted by atomic mass is 10.1. The number of aliphatic imine (C=N–C) groups is 1. The smallest absolute Gasteiger partial charge is 0.250 e. The summed E-state index contributed by atoms with van der Waals surface area (Å²) < 4.78 is 40.3. The van der Waals surface area contributed by atoms with E-state index >= 15 is 0 Å². The zero-order valence-corrected chi connectivity index (χ0v) is 20.0. The van der Waals surface area contributed by atoms with Gasteiger partial charge in [-0.15, -0.1) is 35.3 Å². The second-order valence-electron chi connectivity index (χ2n) is 6.01. The summed E-state index contributed by atoms with van der Waals surface area (Å²) in [5, 5.41) is 6.23.